The van der Waals surface area contributed by atoms with Crippen molar-refractivity contribution in [1.29, 1.82) is 0 Å². The van der Waals surface area contributed by atoms with Crippen LogP contribution in [-0.2, 0) is 17.8 Å². The van der Waals surface area contributed by atoms with Crippen molar-refractivity contribution in [3.63, 3.8) is 0 Å². The van der Waals surface area contributed by atoms with Gasteiger partial charge in [-0.25, -0.2) is 0 Å². The molecular formula is C18H16BrNO2. The zero-order chi connectivity index (χ0) is 15.1. The van der Waals surface area contributed by atoms with Crippen LogP contribution in [0.25, 0.3) is 0 Å². The molecule has 1 heterocycles. The molecule has 0 saturated heterocycles. The molecule has 1 aliphatic heterocycles. The molecule has 0 unspecified atom stereocenters. The maximum atomic E-state index is 12.6. The van der Waals surface area contributed by atoms with Crippen LogP contribution >= 0.6 is 15.9 Å². The van der Waals surface area contributed by atoms with E-state index in [0.29, 0.717) is 6.54 Å². The predicted molar refractivity (Wildman–Crippen MR) is 87.7 cm³/mol. The minimum Gasteiger partial charge on any atom is -0.483 e. The van der Waals surface area contributed by atoms with E-state index in [1.807, 2.05) is 23.1 Å². The predicted octanol–water partition coefficient (Wildman–Crippen LogP) is 3.86. The third kappa shape index (κ3) is 2.31. The monoisotopic (exact) mass is 357 g/mol. The van der Waals surface area contributed by atoms with Crippen molar-refractivity contribution >= 4 is 21.8 Å². The van der Waals surface area contributed by atoms with Gasteiger partial charge in [-0.3, -0.25) is 4.79 Å². The first-order valence-corrected chi connectivity index (χ1v) is 8.30. The molecule has 112 valence electrons. The van der Waals surface area contributed by atoms with E-state index in [1.165, 1.54) is 11.1 Å². The van der Waals surface area contributed by atoms with Crippen LogP contribution in [0.2, 0.25) is 0 Å². The number of ether oxygens (including phenoxy) is 1. The highest BCUT2D eigenvalue weighted by Gasteiger charge is 2.33. The molecule has 0 spiro atoms. The maximum Gasteiger partial charge on any atom is 0.261 e. The number of benzene rings is 2. The minimum absolute atomic E-state index is 0.0639. The Morgan fingerprint density at radius 1 is 1.14 bits per heavy atom. The number of rotatable bonds is 1. The van der Waals surface area contributed by atoms with E-state index >= 15 is 0 Å². The summed E-state index contributed by atoms with van der Waals surface area (Å²) in [6.45, 7) is 0.722. The van der Waals surface area contributed by atoms with E-state index < -0.39 is 0 Å². The van der Waals surface area contributed by atoms with Gasteiger partial charge in [0, 0.05) is 10.0 Å². The van der Waals surface area contributed by atoms with Gasteiger partial charge >= 0.3 is 0 Å². The summed E-state index contributed by atoms with van der Waals surface area (Å²) in [5, 5.41) is 0. The molecule has 4 heteroatoms. The van der Waals surface area contributed by atoms with Gasteiger partial charge in [-0.05, 0) is 42.2 Å². The van der Waals surface area contributed by atoms with Crippen LogP contribution in [0.4, 0.5) is 0 Å². The third-order valence-electron chi connectivity index (χ3n) is 4.51. The Bertz CT molecular complexity index is 744. The lowest BCUT2D eigenvalue weighted by Crippen LogP contribution is -2.35. The molecule has 1 amide bonds. The third-order valence-corrected chi connectivity index (χ3v) is 5.01. The number of halogens is 1. The fourth-order valence-corrected chi connectivity index (χ4v) is 3.86. The lowest BCUT2D eigenvalue weighted by atomic mass is 10.1. The van der Waals surface area contributed by atoms with Crippen LogP contribution in [-0.4, -0.2) is 17.4 Å². The van der Waals surface area contributed by atoms with Gasteiger partial charge in [0.05, 0.1) is 12.6 Å². The Kier molecular flexibility index (Phi) is 3.41. The van der Waals surface area contributed by atoms with Crippen LogP contribution in [0.5, 0.6) is 5.75 Å². The molecule has 22 heavy (non-hydrogen) atoms. The highest BCUT2D eigenvalue weighted by Crippen LogP contribution is 2.38. The summed E-state index contributed by atoms with van der Waals surface area (Å²) in [4.78, 5) is 14.5. The number of aryl methyl sites for hydroxylation is 1. The minimum atomic E-state index is 0.0639. The van der Waals surface area contributed by atoms with E-state index in [2.05, 4.69) is 40.2 Å². The largest absolute Gasteiger partial charge is 0.483 e. The number of hydrogen-bond acceptors (Lipinski definition) is 2. The molecular weight excluding hydrogens is 342 g/mol. The topological polar surface area (TPSA) is 29.5 Å². The lowest BCUT2D eigenvalue weighted by Gasteiger charge is -2.28. The summed E-state index contributed by atoms with van der Waals surface area (Å²) in [7, 11) is 0. The molecule has 2 aliphatic rings. The first-order chi connectivity index (χ1) is 10.7. The van der Waals surface area contributed by atoms with Crippen LogP contribution in [0.3, 0.4) is 0 Å². The average molecular weight is 358 g/mol. The highest BCUT2D eigenvalue weighted by atomic mass is 79.9. The first-order valence-electron chi connectivity index (χ1n) is 7.51. The zero-order valence-electron chi connectivity index (χ0n) is 12.1. The van der Waals surface area contributed by atoms with Gasteiger partial charge in [0.1, 0.15) is 5.75 Å². The Morgan fingerprint density at radius 3 is 2.91 bits per heavy atom. The second kappa shape index (κ2) is 5.43. The number of hydrogen-bond donors (Lipinski definition) is 0. The summed E-state index contributed by atoms with van der Waals surface area (Å²) in [5.41, 5.74) is 3.71. The fourth-order valence-electron chi connectivity index (χ4n) is 3.45. The van der Waals surface area contributed by atoms with Gasteiger partial charge in [-0.2, -0.15) is 0 Å². The molecule has 0 fully saturated rings. The van der Waals surface area contributed by atoms with Gasteiger partial charge in [0.15, 0.2) is 6.61 Å². The number of nitrogens with zero attached hydrogens (tertiary/aromatic N) is 1. The SMILES string of the molecule is O=C1COc2ccc(Br)cc2CN1[C@H]1CCc2ccccc21. The molecule has 2 aromatic carbocycles. The van der Waals surface area contributed by atoms with Crippen LogP contribution in [0, 0.1) is 0 Å². The normalized spacial score (nSPS) is 20.1. The molecule has 1 atom stereocenters. The zero-order valence-corrected chi connectivity index (χ0v) is 13.7. The Hall–Kier alpha value is -1.81. The van der Waals surface area contributed by atoms with Crippen molar-refractivity contribution < 1.29 is 9.53 Å². The molecule has 0 saturated carbocycles. The van der Waals surface area contributed by atoms with E-state index in [0.717, 1.165) is 28.6 Å². The van der Waals surface area contributed by atoms with Gasteiger partial charge in [-0.15, -0.1) is 0 Å². The highest BCUT2D eigenvalue weighted by molar-refractivity contribution is 9.10. The van der Waals surface area contributed by atoms with E-state index in [9.17, 15) is 4.79 Å². The second-order valence-electron chi connectivity index (χ2n) is 5.82. The smallest absolute Gasteiger partial charge is 0.261 e. The van der Waals surface area contributed by atoms with Crippen molar-refractivity contribution in [2.45, 2.75) is 25.4 Å². The Labute approximate surface area is 138 Å². The number of carbonyl (C=O) groups is 1. The summed E-state index contributed by atoms with van der Waals surface area (Å²) >= 11 is 3.50. The summed E-state index contributed by atoms with van der Waals surface area (Å²) in [5.74, 6) is 0.874. The lowest BCUT2D eigenvalue weighted by molar-refractivity contribution is -0.135. The summed E-state index contributed by atoms with van der Waals surface area (Å²) < 4.78 is 6.69. The van der Waals surface area contributed by atoms with Gasteiger partial charge < -0.3 is 9.64 Å². The van der Waals surface area contributed by atoms with Crippen LogP contribution in [0.15, 0.2) is 46.9 Å². The first kappa shape index (κ1) is 13.8. The van der Waals surface area contributed by atoms with Crippen molar-refractivity contribution in [2.75, 3.05) is 6.61 Å². The second-order valence-corrected chi connectivity index (χ2v) is 6.73. The Morgan fingerprint density at radius 2 is 2.00 bits per heavy atom. The van der Waals surface area contributed by atoms with E-state index in [4.69, 9.17) is 4.74 Å². The standard InChI is InChI=1S/C18H16BrNO2/c19-14-6-8-17-13(9-14)10-20(18(21)11-22-17)16-7-5-12-3-1-2-4-15(12)16/h1-4,6,8-9,16H,5,7,10-11H2/t16-/m0/s1. The Balaban J connectivity index is 1.71. The van der Waals surface area contributed by atoms with Crippen molar-refractivity contribution in [3.05, 3.63) is 63.6 Å². The van der Waals surface area contributed by atoms with E-state index in [1.54, 1.807) is 0 Å². The van der Waals surface area contributed by atoms with Crippen LogP contribution < -0.4 is 4.74 Å². The molecule has 1 aliphatic carbocycles. The van der Waals surface area contributed by atoms with Crippen molar-refractivity contribution in [2.24, 2.45) is 0 Å². The maximum absolute atomic E-state index is 12.6. The van der Waals surface area contributed by atoms with Gasteiger partial charge in [-0.1, -0.05) is 40.2 Å². The molecule has 3 nitrogen and oxygen atoms in total. The molecule has 0 bridgehead atoms. The van der Waals surface area contributed by atoms with Crippen LogP contribution in [0.1, 0.15) is 29.2 Å². The van der Waals surface area contributed by atoms with E-state index in [-0.39, 0.29) is 18.6 Å². The molecule has 0 aromatic heterocycles. The quantitative estimate of drug-likeness (QED) is 0.775. The number of carbonyl (C=O) groups excluding carboxylic acids is 1. The fraction of sp³-hybridized carbons (Fsp3) is 0.278. The molecule has 2 aromatic rings. The molecule has 0 N–H and O–H groups in total. The van der Waals surface area contributed by atoms with Gasteiger partial charge in [0.25, 0.3) is 5.91 Å². The summed E-state index contributed by atoms with van der Waals surface area (Å²) in [6.07, 6.45) is 2.03. The van der Waals surface area contributed by atoms with Crippen molar-refractivity contribution in [3.8, 4) is 5.75 Å². The van der Waals surface area contributed by atoms with Crippen molar-refractivity contribution in [1.82, 2.24) is 4.90 Å². The average Bonchev–Trinajstić information content (AvgIpc) is 2.88. The summed E-state index contributed by atoms with van der Waals surface area (Å²) in [6, 6.07) is 14.5. The molecule has 4 rings (SSSR count). The number of fused-ring (bicyclic) bond motifs is 2. The van der Waals surface area contributed by atoms with Gasteiger partial charge in [0.2, 0.25) is 0 Å². The molecule has 0 radical (unpaired) electrons. The number of amides is 1.